The molecule has 2 aromatic carbocycles. The number of hydrogen-bond acceptors (Lipinski definition) is 6. The van der Waals surface area contributed by atoms with Crippen molar-refractivity contribution in [3.63, 3.8) is 0 Å². The van der Waals surface area contributed by atoms with Crippen molar-refractivity contribution in [2.24, 2.45) is 0 Å². The number of phenols is 1. The van der Waals surface area contributed by atoms with Crippen LogP contribution in [0.1, 0.15) is 20.7 Å². The summed E-state index contributed by atoms with van der Waals surface area (Å²) in [5.41, 5.74) is 2.08. The van der Waals surface area contributed by atoms with E-state index in [0.29, 0.717) is 38.9 Å². The molecule has 1 aliphatic heterocycles. The molecule has 1 aliphatic carbocycles. The Labute approximate surface area is 192 Å². The molecule has 34 heavy (non-hydrogen) atoms. The maximum Gasteiger partial charge on any atom is 0.336 e. The predicted octanol–water partition coefficient (Wildman–Crippen LogP) is 4.62. The van der Waals surface area contributed by atoms with Crippen LogP contribution < -0.4 is 10.7 Å². The van der Waals surface area contributed by atoms with Crippen LogP contribution in [0.2, 0.25) is 0 Å². The van der Waals surface area contributed by atoms with Crippen molar-refractivity contribution in [2.75, 3.05) is 5.32 Å². The van der Waals surface area contributed by atoms with Gasteiger partial charge in [0.1, 0.15) is 17.1 Å². The fourth-order valence-corrected chi connectivity index (χ4v) is 3.87. The highest BCUT2D eigenvalue weighted by Crippen LogP contribution is 2.42. The second-order valence-corrected chi connectivity index (χ2v) is 7.57. The van der Waals surface area contributed by atoms with Crippen molar-refractivity contribution in [1.82, 2.24) is 4.98 Å². The third kappa shape index (κ3) is 3.73. The SMILES string of the molecule is O=C(Nc1ccc(-c2c3ccc(=O)cc-3oc3cc(O)ccc23)c(C(=O)O)c1)c1ccncc1. The normalized spacial score (nSPS) is 10.9. The van der Waals surface area contributed by atoms with Gasteiger partial charge in [-0.2, -0.15) is 0 Å². The number of nitrogens with zero attached hydrogens (tertiary/aromatic N) is 1. The van der Waals surface area contributed by atoms with E-state index in [1.54, 1.807) is 36.4 Å². The van der Waals surface area contributed by atoms with E-state index in [1.807, 2.05) is 0 Å². The van der Waals surface area contributed by atoms with E-state index in [9.17, 15) is 24.6 Å². The molecule has 0 unspecified atom stereocenters. The highest BCUT2D eigenvalue weighted by Gasteiger charge is 2.22. The number of carboxylic acid groups (broad SMARTS) is 1. The van der Waals surface area contributed by atoms with Crippen molar-refractivity contribution < 1.29 is 24.2 Å². The molecule has 1 amide bonds. The molecule has 3 N–H and O–H groups in total. The summed E-state index contributed by atoms with van der Waals surface area (Å²) >= 11 is 0. The fraction of sp³-hybridized carbons (Fsp3) is 0. The van der Waals surface area contributed by atoms with Gasteiger partial charge in [-0.05, 0) is 54.1 Å². The molecule has 0 bridgehead atoms. The predicted molar refractivity (Wildman–Crippen MR) is 125 cm³/mol. The monoisotopic (exact) mass is 452 g/mol. The molecule has 3 aromatic rings. The summed E-state index contributed by atoms with van der Waals surface area (Å²) in [6.45, 7) is 0. The zero-order valence-corrected chi connectivity index (χ0v) is 17.5. The van der Waals surface area contributed by atoms with Gasteiger partial charge in [0.05, 0.1) is 5.56 Å². The molecule has 2 aliphatic rings. The van der Waals surface area contributed by atoms with Gasteiger partial charge in [0.25, 0.3) is 5.91 Å². The summed E-state index contributed by atoms with van der Waals surface area (Å²) < 4.78 is 5.83. The number of benzene rings is 3. The first kappa shape index (κ1) is 20.9. The number of amides is 1. The van der Waals surface area contributed by atoms with Crippen molar-refractivity contribution in [3.05, 3.63) is 100 Å². The van der Waals surface area contributed by atoms with E-state index in [0.717, 1.165) is 0 Å². The van der Waals surface area contributed by atoms with Gasteiger partial charge < -0.3 is 19.9 Å². The number of aromatic hydroxyl groups is 1. The Kier molecular flexibility index (Phi) is 5.03. The highest BCUT2D eigenvalue weighted by molar-refractivity contribution is 6.09. The number of anilines is 1. The van der Waals surface area contributed by atoms with Crippen LogP contribution in [0.5, 0.6) is 5.75 Å². The van der Waals surface area contributed by atoms with Gasteiger partial charge in [-0.3, -0.25) is 14.6 Å². The molecule has 0 spiro atoms. The number of fused-ring (bicyclic) bond motifs is 2. The smallest absolute Gasteiger partial charge is 0.336 e. The van der Waals surface area contributed by atoms with Crippen molar-refractivity contribution >= 4 is 28.5 Å². The Hall–Kier alpha value is -4.98. The van der Waals surface area contributed by atoms with Crippen molar-refractivity contribution in [3.8, 4) is 28.2 Å². The lowest BCUT2D eigenvalue weighted by atomic mass is 9.90. The maximum absolute atomic E-state index is 12.5. The second-order valence-electron chi connectivity index (χ2n) is 7.57. The van der Waals surface area contributed by atoms with E-state index in [-0.39, 0.29) is 22.5 Å². The van der Waals surface area contributed by atoms with Crippen LogP contribution >= 0.6 is 0 Å². The van der Waals surface area contributed by atoms with E-state index in [4.69, 9.17) is 4.42 Å². The summed E-state index contributed by atoms with van der Waals surface area (Å²) in [5.74, 6) is -1.38. The summed E-state index contributed by atoms with van der Waals surface area (Å²) in [7, 11) is 0. The number of pyridine rings is 1. The number of rotatable bonds is 4. The summed E-state index contributed by atoms with van der Waals surface area (Å²) in [4.78, 5) is 40.6. The largest absolute Gasteiger partial charge is 0.508 e. The van der Waals surface area contributed by atoms with Gasteiger partial charge in [-0.15, -0.1) is 0 Å². The number of aromatic carboxylic acids is 1. The highest BCUT2D eigenvalue weighted by atomic mass is 16.4. The number of aromatic nitrogens is 1. The van der Waals surface area contributed by atoms with E-state index in [1.165, 1.54) is 42.7 Å². The molecule has 8 nitrogen and oxygen atoms in total. The minimum Gasteiger partial charge on any atom is -0.508 e. The molecule has 0 saturated heterocycles. The molecular formula is C26H16N2O6. The average molecular weight is 452 g/mol. The average Bonchev–Trinajstić information content (AvgIpc) is 2.83. The number of carbonyl (C=O) groups is 2. The summed E-state index contributed by atoms with van der Waals surface area (Å²) in [6, 6.07) is 16.4. The van der Waals surface area contributed by atoms with Crippen LogP contribution in [0.4, 0.5) is 5.69 Å². The van der Waals surface area contributed by atoms with Gasteiger partial charge in [0.2, 0.25) is 0 Å². The molecule has 1 aromatic heterocycles. The topological polar surface area (TPSA) is 130 Å². The number of phenolic OH excluding ortho intramolecular Hbond substituents is 1. The van der Waals surface area contributed by atoms with Crippen molar-refractivity contribution in [1.29, 1.82) is 0 Å². The molecule has 0 radical (unpaired) electrons. The van der Waals surface area contributed by atoms with Gasteiger partial charge in [0, 0.05) is 52.3 Å². The minimum absolute atomic E-state index is 0.0348. The lowest BCUT2D eigenvalue weighted by molar-refractivity contribution is 0.0697. The van der Waals surface area contributed by atoms with Crippen LogP contribution in [-0.2, 0) is 0 Å². The third-order valence-corrected chi connectivity index (χ3v) is 5.40. The Morgan fingerprint density at radius 2 is 1.65 bits per heavy atom. The van der Waals surface area contributed by atoms with Gasteiger partial charge in [0.15, 0.2) is 5.43 Å². The Balaban J connectivity index is 1.70. The van der Waals surface area contributed by atoms with Crippen molar-refractivity contribution in [2.45, 2.75) is 0 Å². The Bertz CT molecular complexity index is 1610. The maximum atomic E-state index is 12.5. The van der Waals surface area contributed by atoms with Crippen LogP contribution in [-0.4, -0.2) is 27.1 Å². The van der Waals surface area contributed by atoms with Crippen LogP contribution in [0, 0.1) is 0 Å². The lowest BCUT2D eigenvalue weighted by Crippen LogP contribution is -2.13. The minimum atomic E-state index is -1.20. The molecule has 0 saturated carbocycles. The zero-order chi connectivity index (χ0) is 23.8. The van der Waals surface area contributed by atoms with E-state index >= 15 is 0 Å². The van der Waals surface area contributed by atoms with Gasteiger partial charge in [-0.25, -0.2) is 4.79 Å². The van der Waals surface area contributed by atoms with Gasteiger partial charge >= 0.3 is 5.97 Å². The third-order valence-electron chi connectivity index (χ3n) is 5.40. The molecule has 0 fully saturated rings. The fourth-order valence-electron chi connectivity index (χ4n) is 3.87. The Morgan fingerprint density at radius 3 is 2.41 bits per heavy atom. The summed E-state index contributed by atoms with van der Waals surface area (Å²) in [5, 5.41) is 23.2. The molecule has 2 heterocycles. The first-order valence-corrected chi connectivity index (χ1v) is 10.2. The standard InChI is InChI=1S/C26H16N2O6/c29-16-2-5-19-22(12-16)34-23-13-17(30)3-6-20(23)24(19)18-4-1-15(11-21(18)26(32)33)28-25(31)14-7-9-27-10-8-14/h1-13,29H,(H,28,31)(H,32,33). The van der Waals surface area contributed by atoms with E-state index < -0.39 is 11.9 Å². The Morgan fingerprint density at radius 1 is 0.882 bits per heavy atom. The molecule has 5 rings (SSSR count). The number of carboxylic acids is 1. The first-order chi connectivity index (χ1) is 16.4. The van der Waals surface area contributed by atoms with Crippen LogP contribution in [0.15, 0.2) is 88.3 Å². The quantitative estimate of drug-likeness (QED) is 0.339. The van der Waals surface area contributed by atoms with Crippen LogP contribution in [0.3, 0.4) is 0 Å². The lowest BCUT2D eigenvalue weighted by Gasteiger charge is -2.17. The van der Waals surface area contributed by atoms with Gasteiger partial charge in [-0.1, -0.05) is 6.07 Å². The van der Waals surface area contributed by atoms with Crippen LogP contribution in [0.25, 0.3) is 33.4 Å². The first-order valence-electron chi connectivity index (χ1n) is 10.2. The molecule has 0 atom stereocenters. The number of nitrogens with one attached hydrogen (secondary N) is 1. The second kappa shape index (κ2) is 8.18. The molecular weight excluding hydrogens is 436 g/mol. The number of hydrogen-bond donors (Lipinski definition) is 3. The summed E-state index contributed by atoms with van der Waals surface area (Å²) in [6.07, 6.45) is 2.98. The molecule has 8 heteroatoms. The van der Waals surface area contributed by atoms with E-state index in [2.05, 4.69) is 10.3 Å². The number of carbonyl (C=O) groups excluding carboxylic acids is 1. The zero-order valence-electron chi connectivity index (χ0n) is 17.5. The molecule has 166 valence electrons.